The summed E-state index contributed by atoms with van der Waals surface area (Å²) in [6.45, 7) is 8.93. The van der Waals surface area contributed by atoms with E-state index in [1.54, 1.807) is 0 Å². The van der Waals surface area contributed by atoms with Gasteiger partial charge in [-0.05, 0) is 30.9 Å². The van der Waals surface area contributed by atoms with Crippen LogP contribution in [-0.4, -0.2) is 0 Å². The minimum Gasteiger partial charge on any atom is -0.303 e. The van der Waals surface area contributed by atoms with Gasteiger partial charge in [0.25, 0.3) is 0 Å². The summed E-state index contributed by atoms with van der Waals surface area (Å²) in [5.41, 5.74) is 4.03. The molecule has 0 saturated carbocycles. The van der Waals surface area contributed by atoms with E-state index in [0.29, 0.717) is 18.0 Å². The van der Waals surface area contributed by atoms with Crippen molar-refractivity contribution in [3.05, 3.63) is 71.3 Å². The summed E-state index contributed by atoms with van der Waals surface area (Å²) in [6, 6.07) is 20.2. The van der Waals surface area contributed by atoms with Crippen LogP contribution in [0.4, 0.5) is 0 Å². The summed E-state index contributed by atoms with van der Waals surface area (Å²) in [6.07, 6.45) is 0. The molecule has 0 amide bonds. The Balaban J connectivity index is 2.17. The molecule has 20 heavy (non-hydrogen) atoms. The van der Waals surface area contributed by atoms with Gasteiger partial charge < -0.3 is 5.32 Å². The fourth-order valence-corrected chi connectivity index (χ4v) is 2.64. The zero-order chi connectivity index (χ0) is 14.5. The summed E-state index contributed by atoms with van der Waals surface area (Å²) in [7, 11) is 0. The molecule has 0 spiro atoms. The number of benzene rings is 2. The molecule has 1 N–H and O–H groups in total. The fourth-order valence-electron chi connectivity index (χ4n) is 2.64. The maximum Gasteiger partial charge on any atom is 0.0348 e. The van der Waals surface area contributed by atoms with E-state index in [1.807, 2.05) is 0 Å². The van der Waals surface area contributed by atoms with Crippen LogP contribution < -0.4 is 5.32 Å². The fraction of sp³-hybridized carbons (Fsp3) is 0.368. The third kappa shape index (κ3) is 3.71. The molecule has 0 aromatic heterocycles. The Morgan fingerprint density at radius 1 is 0.800 bits per heavy atom. The molecule has 0 radical (unpaired) electrons. The molecule has 2 atom stereocenters. The third-order valence-corrected chi connectivity index (χ3v) is 3.80. The van der Waals surface area contributed by atoms with Crippen LogP contribution in [0.15, 0.2) is 54.6 Å². The van der Waals surface area contributed by atoms with E-state index in [1.165, 1.54) is 16.7 Å². The highest BCUT2D eigenvalue weighted by Crippen LogP contribution is 2.25. The van der Waals surface area contributed by atoms with E-state index in [4.69, 9.17) is 0 Å². The van der Waals surface area contributed by atoms with Crippen LogP contribution in [0, 0.1) is 12.8 Å². The summed E-state index contributed by atoms with van der Waals surface area (Å²) in [4.78, 5) is 0. The molecule has 0 fully saturated rings. The Morgan fingerprint density at radius 3 is 2.05 bits per heavy atom. The van der Waals surface area contributed by atoms with Crippen LogP contribution in [0.5, 0.6) is 0 Å². The minimum absolute atomic E-state index is 0.350. The lowest BCUT2D eigenvalue weighted by molar-refractivity contribution is 0.374. The van der Waals surface area contributed by atoms with Crippen molar-refractivity contribution in [2.24, 2.45) is 5.92 Å². The summed E-state index contributed by atoms with van der Waals surface area (Å²) < 4.78 is 0. The molecule has 0 aliphatic heterocycles. The number of rotatable bonds is 5. The van der Waals surface area contributed by atoms with Gasteiger partial charge in [0.2, 0.25) is 0 Å². The molecule has 0 aliphatic rings. The Kier molecular flexibility index (Phi) is 4.97. The van der Waals surface area contributed by atoms with Gasteiger partial charge in [0, 0.05) is 12.1 Å². The van der Waals surface area contributed by atoms with E-state index >= 15 is 0 Å². The molecule has 0 bridgehead atoms. The first-order valence-corrected chi connectivity index (χ1v) is 7.45. The van der Waals surface area contributed by atoms with Crippen molar-refractivity contribution in [2.45, 2.75) is 39.8 Å². The van der Waals surface area contributed by atoms with Crippen molar-refractivity contribution in [2.75, 3.05) is 0 Å². The number of hydrogen-bond acceptors (Lipinski definition) is 1. The van der Waals surface area contributed by atoms with Crippen molar-refractivity contribution in [3.63, 3.8) is 0 Å². The molecule has 1 heteroatoms. The molecule has 2 rings (SSSR count). The highest BCUT2D eigenvalue weighted by molar-refractivity contribution is 5.26. The van der Waals surface area contributed by atoms with Gasteiger partial charge in [-0.2, -0.15) is 0 Å². The molecule has 106 valence electrons. The highest BCUT2D eigenvalue weighted by atomic mass is 14.9. The first kappa shape index (κ1) is 14.8. The lowest BCUT2D eigenvalue weighted by Gasteiger charge is -2.27. The van der Waals surface area contributed by atoms with E-state index in [-0.39, 0.29) is 0 Å². The highest BCUT2D eigenvalue weighted by Gasteiger charge is 2.18. The first-order chi connectivity index (χ1) is 9.58. The lowest BCUT2D eigenvalue weighted by atomic mass is 9.94. The summed E-state index contributed by atoms with van der Waals surface area (Å²) >= 11 is 0. The van der Waals surface area contributed by atoms with Crippen LogP contribution in [-0.2, 0) is 0 Å². The standard InChI is InChI=1S/C19H25N/c1-14(2)19(17-10-6-5-7-11-17)20-16(4)18-12-8-9-15(3)13-18/h5-14,16,19-20H,1-4H3/t16-,19?/m0/s1. The summed E-state index contributed by atoms with van der Waals surface area (Å²) in [5.74, 6) is 0.560. The zero-order valence-electron chi connectivity index (χ0n) is 12.9. The molecule has 0 saturated heterocycles. The van der Waals surface area contributed by atoms with Gasteiger partial charge in [-0.25, -0.2) is 0 Å². The van der Waals surface area contributed by atoms with Crippen molar-refractivity contribution in [1.82, 2.24) is 5.32 Å². The predicted molar refractivity (Wildman–Crippen MR) is 86.8 cm³/mol. The Hall–Kier alpha value is -1.60. The van der Waals surface area contributed by atoms with Gasteiger partial charge in [-0.3, -0.25) is 0 Å². The predicted octanol–water partition coefficient (Wildman–Crippen LogP) is 5.04. The van der Waals surface area contributed by atoms with E-state index in [2.05, 4.69) is 87.6 Å². The zero-order valence-corrected chi connectivity index (χ0v) is 12.9. The van der Waals surface area contributed by atoms with Crippen LogP contribution in [0.25, 0.3) is 0 Å². The molecule has 0 aliphatic carbocycles. The second kappa shape index (κ2) is 6.71. The SMILES string of the molecule is Cc1cccc([C@H](C)NC(c2ccccc2)C(C)C)c1. The maximum absolute atomic E-state index is 3.78. The Labute approximate surface area is 123 Å². The Morgan fingerprint density at radius 2 is 1.45 bits per heavy atom. The van der Waals surface area contributed by atoms with Crippen molar-refractivity contribution in [1.29, 1.82) is 0 Å². The van der Waals surface area contributed by atoms with Gasteiger partial charge in [0.05, 0.1) is 0 Å². The van der Waals surface area contributed by atoms with Crippen molar-refractivity contribution >= 4 is 0 Å². The normalized spacial score (nSPS) is 14.2. The smallest absolute Gasteiger partial charge is 0.0348 e. The molecule has 2 aromatic carbocycles. The quantitative estimate of drug-likeness (QED) is 0.800. The molecule has 2 aromatic rings. The largest absolute Gasteiger partial charge is 0.303 e. The van der Waals surface area contributed by atoms with Gasteiger partial charge >= 0.3 is 0 Å². The van der Waals surface area contributed by atoms with Crippen molar-refractivity contribution < 1.29 is 0 Å². The molecular formula is C19H25N. The summed E-state index contributed by atoms with van der Waals surface area (Å²) in [5, 5.41) is 3.78. The Bertz CT molecular complexity index is 530. The number of hydrogen-bond donors (Lipinski definition) is 1. The van der Waals surface area contributed by atoms with Crippen LogP contribution in [0.3, 0.4) is 0 Å². The maximum atomic E-state index is 3.78. The lowest BCUT2D eigenvalue weighted by Crippen LogP contribution is -2.28. The average Bonchev–Trinajstić information content (AvgIpc) is 2.45. The van der Waals surface area contributed by atoms with Crippen molar-refractivity contribution in [3.8, 4) is 0 Å². The van der Waals surface area contributed by atoms with Crippen LogP contribution >= 0.6 is 0 Å². The second-order valence-electron chi connectivity index (χ2n) is 5.93. The van der Waals surface area contributed by atoms with Crippen LogP contribution in [0.2, 0.25) is 0 Å². The van der Waals surface area contributed by atoms with E-state index in [0.717, 1.165) is 0 Å². The van der Waals surface area contributed by atoms with Crippen LogP contribution in [0.1, 0.15) is 49.5 Å². The molecule has 1 unspecified atom stereocenters. The second-order valence-corrected chi connectivity index (χ2v) is 5.93. The average molecular weight is 267 g/mol. The molecule has 0 heterocycles. The topological polar surface area (TPSA) is 12.0 Å². The van der Waals surface area contributed by atoms with E-state index in [9.17, 15) is 0 Å². The third-order valence-electron chi connectivity index (χ3n) is 3.80. The number of aryl methyl sites for hydroxylation is 1. The molecule has 1 nitrogen and oxygen atoms in total. The monoisotopic (exact) mass is 267 g/mol. The van der Waals surface area contributed by atoms with Gasteiger partial charge in [-0.1, -0.05) is 74.0 Å². The van der Waals surface area contributed by atoms with Gasteiger partial charge in [0.15, 0.2) is 0 Å². The minimum atomic E-state index is 0.350. The van der Waals surface area contributed by atoms with Gasteiger partial charge in [0.1, 0.15) is 0 Å². The van der Waals surface area contributed by atoms with Gasteiger partial charge in [-0.15, -0.1) is 0 Å². The first-order valence-electron chi connectivity index (χ1n) is 7.45. The molecular weight excluding hydrogens is 242 g/mol. The van der Waals surface area contributed by atoms with E-state index < -0.39 is 0 Å². The number of nitrogens with one attached hydrogen (secondary N) is 1.